The highest BCUT2D eigenvalue weighted by Crippen LogP contribution is 2.10. The second kappa shape index (κ2) is 7.48. The molecule has 0 amide bonds. The van der Waals surface area contributed by atoms with Gasteiger partial charge in [-0.3, -0.25) is 4.90 Å². The maximum absolute atomic E-state index is 5.74. The fourth-order valence-corrected chi connectivity index (χ4v) is 2.58. The SMILES string of the molecule is CCCC(C)CN1CCN(CCCl)CC1. The summed E-state index contributed by atoms with van der Waals surface area (Å²) in [6.07, 6.45) is 2.68. The number of halogens is 1. The molecule has 0 N–H and O–H groups in total. The number of hydrogen-bond acceptors (Lipinski definition) is 2. The van der Waals surface area contributed by atoms with E-state index < -0.39 is 0 Å². The molecule has 1 heterocycles. The number of rotatable bonds is 6. The van der Waals surface area contributed by atoms with Crippen LogP contribution in [0.15, 0.2) is 0 Å². The summed E-state index contributed by atoms with van der Waals surface area (Å²) in [5, 5.41) is 0. The van der Waals surface area contributed by atoms with Crippen molar-refractivity contribution in [2.45, 2.75) is 26.7 Å². The van der Waals surface area contributed by atoms with E-state index in [1.54, 1.807) is 0 Å². The molecule has 0 saturated carbocycles. The van der Waals surface area contributed by atoms with Crippen molar-refractivity contribution in [3.8, 4) is 0 Å². The molecule has 90 valence electrons. The highest BCUT2D eigenvalue weighted by atomic mass is 35.5. The Hall–Kier alpha value is 0.210. The summed E-state index contributed by atoms with van der Waals surface area (Å²) < 4.78 is 0. The van der Waals surface area contributed by atoms with Gasteiger partial charge < -0.3 is 4.90 Å². The van der Waals surface area contributed by atoms with Gasteiger partial charge in [-0.1, -0.05) is 20.3 Å². The third-order valence-corrected chi connectivity index (χ3v) is 3.39. The Morgan fingerprint density at radius 3 is 2.27 bits per heavy atom. The largest absolute Gasteiger partial charge is 0.301 e. The third kappa shape index (κ3) is 5.19. The molecule has 0 radical (unpaired) electrons. The summed E-state index contributed by atoms with van der Waals surface area (Å²) in [5.74, 6) is 1.63. The predicted octanol–water partition coefficient (Wildman–Crippen LogP) is 2.28. The fourth-order valence-electron chi connectivity index (χ4n) is 2.34. The van der Waals surface area contributed by atoms with E-state index in [0.29, 0.717) is 0 Å². The van der Waals surface area contributed by atoms with Crippen LogP contribution in [0.25, 0.3) is 0 Å². The van der Waals surface area contributed by atoms with E-state index in [0.717, 1.165) is 18.3 Å². The summed E-state index contributed by atoms with van der Waals surface area (Å²) in [4.78, 5) is 5.07. The third-order valence-electron chi connectivity index (χ3n) is 3.22. The average molecular weight is 233 g/mol. The van der Waals surface area contributed by atoms with Crippen LogP contribution in [0.1, 0.15) is 26.7 Å². The Morgan fingerprint density at radius 1 is 1.13 bits per heavy atom. The molecule has 1 aliphatic heterocycles. The lowest BCUT2D eigenvalue weighted by Crippen LogP contribution is -2.47. The van der Waals surface area contributed by atoms with Crippen LogP contribution in [-0.4, -0.2) is 54.9 Å². The smallest absolute Gasteiger partial charge is 0.0351 e. The molecule has 2 nitrogen and oxygen atoms in total. The Labute approximate surface area is 99.6 Å². The number of piperazine rings is 1. The first-order chi connectivity index (χ1) is 7.26. The van der Waals surface area contributed by atoms with Crippen molar-refractivity contribution >= 4 is 11.6 Å². The summed E-state index contributed by atoms with van der Waals surface area (Å²) >= 11 is 5.74. The summed E-state index contributed by atoms with van der Waals surface area (Å²) in [6, 6.07) is 0. The molecule has 1 aliphatic rings. The normalized spacial score (nSPS) is 21.8. The summed E-state index contributed by atoms with van der Waals surface area (Å²) in [7, 11) is 0. The van der Waals surface area contributed by atoms with E-state index in [-0.39, 0.29) is 0 Å². The molecule has 1 unspecified atom stereocenters. The van der Waals surface area contributed by atoms with E-state index in [1.165, 1.54) is 45.6 Å². The van der Waals surface area contributed by atoms with Gasteiger partial charge in [0.25, 0.3) is 0 Å². The molecule has 0 aliphatic carbocycles. The van der Waals surface area contributed by atoms with Gasteiger partial charge in [-0.2, -0.15) is 0 Å². The lowest BCUT2D eigenvalue weighted by molar-refractivity contribution is 0.123. The molecule has 0 aromatic carbocycles. The van der Waals surface area contributed by atoms with Gasteiger partial charge in [0.05, 0.1) is 0 Å². The minimum absolute atomic E-state index is 0.770. The first kappa shape index (κ1) is 13.3. The van der Waals surface area contributed by atoms with Crippen molar-refractivity contribution in [2.75, 3.05) is 45.1 Å². The lowest BCUT2D eigenvalue weighted by Gasteiger charge is -2.35. The molecular formula is C12H25ClN2. The Balaban J connectivity index is 2.14. The zero-order valence-electron chi connectivity index (χ0n) is 10.2. The maximum atomic E-state index is 5.74. The summed E-state index contributed by atoms with van der Waals surface area (Å²) in [6.45, 7) is 11.8. The van der Waals surface area contributed by atoms with Crippen LogP contribution in [0.4, 0.5) is 0 Å². The fraction of sp³-hybridized carbons (Fsp3) is 1.00. The first-order valence-electron chi connectivity index (χ1n) is 6.27. The number of hydrogen-bond donors (Lipinski definition) is 0. The molecule has 0 aromatic rings. The molecule has 3 heteroatoms. The van der Waals surface area contributed by atoms with Gasteiger partial charge in [-0.05, 0) is 12.3 Å². The van der Waals surface area contributed by atoms with E-state index in [9.17, 15) is 0 Å². The molecule has 15 heavy (non-hydrogen) atoms. The Bertz CT molecular complexity index is 156. The van der Waals surface area contributed by atoms with Gasteiger partial charge in [0, 0.05) is 45.1 Å². The molecular weight excluding hydrogens is 208 g/mol. The van der Waals surface area contributed by atoms with E-state index in [4.69, 9.17) is 11.6 Å². The summed E-state index contributed by atoms with van der Waals surface area (Å²) in [5.41, 5.74) is 0. The number of nitrogens with zero attached hydrogens (tertiary/aromatic N) is 2. The van der Waals surface area contributed by atoms with Gasteiger partial charge in [0.1, 0.15) is 0 Å². The van der Waals surface area contributed by atoms with Crippen LogP contribution < -0.4 is 0 Å². The van der Waals surface area contributed by atoms with Crippen molar-refractivity contribution in [2.24, 2.45) is 5.92 Å². The topological polar surface area (TPSA) is 6.48 Å². The maximum Gasteiger partial charge on any atom is 0.0351 e. The van der Waals surface area contributed by atoms with Crippen molar-refractivity contribution in [3.63, 3.8) is 0 Å². The number of alkyl halides is 1. The van der Waals surface area contributed by atoms with Gasteiger partial charge in [0.2, 0.25) is 0 Å². The van der Waals surface area contributed by atoms with Gasteiger partial charge >= 0.3 is 0 Å². The molecule has 1 fully saturated rings. The Morgan fingerprint density at radius 2 is 1.73 bits per heavy atom. The van der Waals surface area contributed by atoms with Crippen molar-refractivity contribution < 1.29 is 0 Å². The van der Waals surface area contributed by atoms with Gasteiger partial charge in [0.15, 0.2) is 0 Å². The zero-order valence-corrected chi connectivity index (χ0v) is 11.0. The highest BCUT2D eigenvalue weighted by molar-refractivity contribution is 6.18. The van der Waals surface area contributed by atoms with Crippen LogP contribution >= 0.6 is 11.6 Å². The second-order valence-electron chi connectivity index (χ2n) is 4.73. The molecule has 0 spiro atoms. The molecule has 0 bridgehead atoms. The standard InChI is InChI=1S/C12H25ClN2/c1-3-4-12(2)11-15-9-7-14(6-5-13)8-10-15/h12H,3-11H2,1-2H3. The minimum atomic E-state index is 0.770. The molecule has 1 rings (SSSR count). The highest BCUT2D eigenvalue weighted by Gasteiger charge is 2.17. The Kier molecular flexibility index (Phi) is 6.62. The van der Waals surface area contributed by atoms with Crippen molar-refractivity contribution in [1.29, 1.82) is 0 Å². The molecule has 1 atom stereocenters. The first-order valence-corrected chi connectivity index (χ1v) is 6.80. The van der Waals surface area contributed by atoms with Crippen LogP contribution in [0.3, 0.4) is 0 Å². The predicted molar refractivity (Wildman–Crippen MR) is 67.7 cm³/mol. The second-order valence-corrected chi connectivity index (χ2v) is 5.10. The van der Waals surface area contributed by atoms with Crippen LogP contribution in [0.5, 0.6) is 0 Å². The molecule has 0 aromatic heterocycles. The van der Waals surface area contributed by atoms with E-state index in [1.807, 2.05) is 0 Å². The monoisotopic (exact) mass is 232 g/mol. The van der Waals surface area contributed by atoms with E-state index in [2.05, 4.69) is 23.6 Å². The van der Waals surface area contributed by atoms with Crippen molar-refractivity contribution in [3.05, 3.63) is 0 Å². The van der Waals surface area contributed by atoms with Gasteiger partial charge in [-0.15, -0.1) is 11.6 Å². The van der Waals surface area contributed by atoms with Crippen LogP contribution in [0.2, 0.25) is 0 Å². The minimum Gasteiger partial charge on any atom is -0.301 e. The van der Waals surface area contributed by atoms with Gasteiger partial charge in [-0.25, -0.2) is 0 Å². The zero-order chi connectivity index (χ0) is 11.1. The quantitative estimate of drug-likeness (QED) is 0.649. The molecule has 1 saturated heterocycles. The van der Waals surface area contributed by atoms with E-state index >= 15 is 0 Å². The average Bonchev–Trinajstić information content (AvgIpc) is 2.22. The van der Waals surface area contributed by atoms with Crippen LogP contribution in [0, 0.1) is 5.92 Å². The lowest BCUT2D eigenvalue weighted by atomic mass is 10.1. The van der Waals surface area contributed by atoms with Crippen LogP contribution in [-0.2, 0) is 0 Å². The van der Waals surface area contributed by atoms with Crippen molar-refractivity contribution in [1.82, 2.24) is 9.80 Å².